The van der Waals surface area contributed by atoms with Crippen molar-refractivity contribution in [1.29, 1.82) is 0 Å². The summed E-state index contributed by atoms with van der Waals surface area (Å²) in [4.78, 5) is 16.7. The van der Waals surface area contributed by atoms with Crippen LogP contribution in [0.5, 0.6) is 0 Å². The van der Waals surface area contributed by atoms with Crippen LogP contribution in [-0.2, 0) is 6.42 Å². The highest BCUT2D eigenvalue weighted by Crippen LogP contribution is 2.17. The number of nitrogens with one attached hydrogen (secondary N) is 1. The van der Waals surface area contributed by atoms with Gasteiger partial charge >= 0.3 is 0 Å². The fraction of sp³-hybridized carbons (Fsp3) is 0.200. The Hall–Kier alpha value is -2.72. The van der Waals surface area contributed by atoms with E-state index < -0.39 is 6.10 Å². The summed E-state index contributed by atoms with van der Waals surface area (Å²) in [6.45, 7) is 1.81. The first-order valence-corrected chi connectivity index (χ1v) is 8.01. The molecule has 0 bridgehead atoms. The number of pyridine rings is 1. The molecule has 0 radical (unpaired) electrons. The number of hydrogen-bond acceptors (Lipinski definition) is 3. The highest BCUT2D eigenvalue weighted by atomic mass is 16.3. The lowest BCUT2D eigenvalue weighted by Crippen LogP contribution is -2.42. The molecule has 1 amide bonds. The largest absolute Gasteiger partial charge is 0.391 e. The molecule has 0 saturated heterocycles. The topological polar surface area (TPSA) is 62.2 Å². The summed E-state index contributed by atoms with van der Waals surface area (Å²) in [6, 6.07) is 17.0. The van der Waals surface area contributed by atoms with Gasteiger partial charge < -0.3 is 10.4 Å². The van der Waals surface area contributed by atoms with Crippen molar-refractivity contribution in [2.75, 3.05) is 0 Å². The number of aromatic nitrogens is 1. The predicted molar refractivity (Wildman–Crippen MR) is 94.8 cm³/mol. The molecule has 0 aliphatic heterocycles. The number of aliphatic hydroxyl groups is 1. The second kappa shape index (κ2) is 7.23. The Labute approximate surface area is 141 Å². The lowest BCUT2D eigenvalue weighted by molar-refractivity contribution is 0.0853. The lowest BCUT2D eigenvalue weighted by atomic mass is 10.0. The first kappa shape index (κ1) is 16.1. The Balaban J connectivity index is 1.71. The van der Waals surface area contributed by atoms with Gasteiger partial charge in [0.25, 0.3) is 5.91 Å². The van der Waals surface area contributed by atoms with Crippen LogP contribution in [0.25, 0.3) is 10.8 Å². The van der Waals surface area contributed by atoms with Crippen molar-refractivity contribution >= 4 is 16.7 Å². The van der Waals surface area contributed by atoms with Crippen LogP contribution in [-0.4, -0.2) is 28.1 Å². The van der Waals surface area contributed by atoms with E-state index in [0.717, 1.165) is 16.3 Å². The fourth-order valence-corrected chi connectivity index (χ4v) is 2.71. The number of amides is 1. The second-order valence-electron chi connectivity index (χ2n) is 5.93. The molecule has 4 heteroatoms. The summed E-state index contributed by atoms with van der Waals surface area (Å²) in [7, 11) is 0. The van der Waals surface area contributed by atoms with Gasteiger partial charge in [-0.25, -0.2) is 0 Å². The molecule has 1 heterocycles. The van der Waals surface area contributed by atoms with Gasteiger partial charge in [0.15, 0.2) is 0 Å². The zero-order valence-electron chi connectivity index (χ0n) is 13.5. The summed E-state index contributed by atoms with van der Waals surface area (Å²) in [5.74, 6) is -0.223. The number of nitrogens with zero attached hydrogens (tertiary/aromatic N) is 1. The summed E-state index contributed by atoms with van der Waals surface area (Å²) in [5, 5.41) is 15.0. The van der Waals surface area contributed by atoms with Gasteiger partial charge in [-0.05, 0) is 17.9 Å². The van der Waals surface area contributed by atoms with Gasteiger partial charge in [0, 0.05) is 24.2 Å². The molecule has 4 nitrogen and oxygen atoms in total. The van der Waals surface area contributed by atoms with Crippen molar-refractivity contribution in [3.63, 3.8) is 0 Å². The van der Waals surface area contributed by atoms with Crippen molar-refractivity contribution in [3.8, 4) is 0 Å². The molecule has 0 aliphatic carbocycles. The van der Waals surface area contributed by atoms with E-state index in [4.69, 9.17) is 0 Å². The predicted octanol–water partition coefficient (Wildman–Crippen LogP) is 2.96. The van der Waals surface area contributed by atoms with Crippen molar-refractivity contribution in [3.05, 3.63) is 78.1 Å². The highest BCUT2D eigenvalue weighted by molar-refractivity contribution is 6.06. The van der Waals surface area contributed by atoms with Crippen LogP contribution < -0.4 is 5.32 Å². The first-order valence-electron chi connectivity index (χ1n) is 8.01. The van der Waals surface area contributed by atoms with Crippen LogP contribution in [0.1, 0.15) is 22.8 Å². The third-order valence-electron chi connectivity index (χ3n) is 4.14. The Morgan fingerprint density at radius 2 is 1.79 bits per heavy atom. The van der Waals surface area contributed by atoms with Gasteiger partial charge in [-0.3, -0.25) is 9.78 Å². The molecule has 122 valence electrons. The van der Waals surface area contributed by atoms with Crippen molar-refractivity contribution in [2.45, 2.75) is 25.5 Å². The Morgan fingerprint density at radius 1 is 1.08 bits per heavy atom. The maximum atomic E-state index is 12.6. The van der Waals surface area contributed by atoms with Crippen LogP contribution >= 0.6 is 0 Å². The molecular weight excluding hydrogens is 300 g/mol. The van der Waals surface area contributed by atoms with Gasteiger partial charge in [0.05, 0.1) is 17.7 Å². The Bertz CT molecular complexity index is 828. The van der Waals surface area contributed by atoms with E-state index in [9.17, 15) is 9.90 Å². The van der Waals surface area contributed by atoms with E-state index in [1.807, 2.05) is 61.5 Å². The normalized spacial score (nSPS) is 13.4. The molecule has 24 heavy (non-hydrogen) atoms. The molecule has 2 N–H and O–H groups in total. The Kier molecular flexibility index (Phi) is 4.87. The van der Waals surface area contributed by atoms with Crippen LogP contribution in [0, 0.1) is 0 Å². The molecule has 1 aromatic heterocycles. The average molecular weight is 320 g/mol. The van der Waals surface area contributed by atoms with E-state index in [2.05, 4.69) is 10.3 Å². The minimum Gasteiger partial charge on any atom is -0.391 e. The molecule has 0 spiro atoms. The summed E-state index contributed by atoms with van der Waals surface area (Å²) in [6.07, 6.45) is 3.14. The van der Waals surface area contributed by atoms with Crippen molar-refractivity contribution in [2.24, 2.45) is 0 Å². The van der Waals surface area contributed by atoms with E-state index in [-0.39, 0.29) is 11.9 Å². The van der Waals surface area contributed by atoms with Crippen LogP contribution in [0.15, 0.2) is 67.0 Å². The minimum atomic E-state index is -0.653. The van der Waals surface area contributed by atoms with E-state index in [1.54, 1.807) is 12.4 Å². The quantitative estimate of drug-likeness (QED) is 0.760. The second-order valence-corrected chi connectivity index (χ2v) is 5.93. The van der Waals surface area contributed by atoms with E-state index in [0.29, 0.717) is 12.0 Å². The standard InChI is InChI=1S/C20H20N2O2/c1-14(19(23)11-15-7-3-2-4-8-15)22-20(24)18-13-21-12-16-9-5-6-10-17(16)18/h2-10,12-14,19,23H,11H2,1H3,(H,22,24). The molecule has 0 fully saturated rings. The highest BCUT2D eigenvalue weighted by Gasteiger charge is 2.19. The zero-order chi connectivity index (χ0) is 16.9. The number of hydrogen-bond donors (Lipinski definition) is 2. The lowest BCUT2D eigenvalue weighted by Gasteiger charge is -2.20. The number of fused-ring (bicyclic) bond motifs is 1. The van der Waals surface area contributed by atoms with Crippen molar-refractivity contribution < 1.29 is 9.90 Å². The number of carbonyl (C=O) groups is 1. The summed E-state index contributed by atoms with van der Waals surface area (Å²) < 4.78 is 0. The van der Waals surface area contributed by atoms with Crippen LogP contribution in [0.3, 0.4) is 0 Å². The van der Waals surface area contributed by atoms with Gasteiger partial charge in [0.2, 0.25) is 0 Å². The number of benzene rings is 2. The Morgan fingerprint density at radius 3 is 2.58 bits per heavy atom. The zero-order valence-corrected chi connectivity index (χ0v) is 13.5. The molecule has 0 saturated carbocycles. The summed E-state index contributed by atoms with van der Waals surface area (Å²) in [5.41, 5.74) is 1.56. The summed E-state index contributed by atoms with van der Waals surface area (Å²) >= 11 is 0. The van der Waals surface area contributed by atoms with Gasteiger partial charge in [0.1, 0.15) is 0 Å². The van der Waals surface area contributed by atoms with E-state index >= 15 is 0 Å². The maximum Gasteiger partial charge on any atom is 0.253 e. The van der Waals surface area contributed by atoms with Gasteiger partial charge in [-0.1, -0.05) is 54.6 Å². The molecule has 3 rings (SSSR count). The smallest absolute Gasteiger partial charge is 0.253 e. The number of aliphatic hydroxyl groups excluding tert-OH is 1. The van der Waals surface area contributed by atoms with E-state index in [1.165, 1.54) is 0 Å². The van der Waals surface area contributed by atoms with Gasteiger partial charge in [-0.15, -0.1) is 0 Å². The maximum absolute atomic E-state index is 12.6. The number of rotatable bonds is 5. The molecule has 2 atom stereocenters. The minimum absolute atomic E-state index is 0.223. The monoisotopic (exact) mass is 320 g/mol. The molecule has 2 aromatic carbocycles. The first-order chi connectivity index (χ1) is 11.6. The molecular formula is C20H20N2O2. The van der Waals surface area contributed by atoms with Crippen molar-refractivity contribution in [1.82, 2.24) is 10.3 Å². The third kappa shape index (κ3) is 3.60. The third-order valence-corrected chi connectivity index (χ3v) is 4.14. The van der Waals surface area contributed by atoms with Crippen LogP contribution in [0.2, 0.25) is 0 Å². The SMILES string of the molecule is CC(NC(=O)c1cncc2ccccc12)C(O)Cc1ccccc1. The average Bonchev–Trinajstić information content (AvgIpc) is 2.62. The fourth-order valence-electron chi connectivity index (χ4n) is 2.71. The van der Waals surface area contributed by atoms with Crippen LogP contribution in [0.4, 0.5) is 0 Å². The molecule has 3 aromatic rings. The molecule has 0 aliphatic rings. The molecule has 2 unspecified atom stereocenters. The number of carbonyl (C=O) groups excluding carboxylic acids is 1. The van der Waals surface area contributed by atoms with Gasteiger partial charge in [-0.2, -0.15) is 0 Å².